The number of rotatable bonds is 4. The van der Waals surface area contributed by atoms with Crippen LogP contribution in [0.3, 0.4) is 0 Å². The molecule has 2 aromatic rings. The van der Waals surface area contributed by atoms with E-state index in [1.54, 1.807) is 6.92 Å². The molecule has 0 saturated carbocycles. The first-order chi connectivity index (χ1) is 9.81. The lowest BCUT2D eigenvalue weighted by molar-refractivity contribution is 0.588. The van der Waals surface area contributed by atoms with Gasteiger partial charge in [-0.2, -0.15) is 0 Å². The molecule has 0 aliphatic rings. The molecule has 0 atom stereocenters. The number of benzene rings is 1. The molecule has 0 bridgehead atoms. The first kappa shape index (κ1) is 15.5. The first-order valence-corrected chi connectivity index (χ1v) is 8.20. The Labute approximate surface area is 126 Å². The molecule has 7 nitrogen and oxygen atoms in total. The Balaban J connectivity index is 2.44. The number of aromatic amines is 1. The summed E-state index contributed by atoms with van der Waals surface area (Å²) < 4.78 is 25.8. The summed E-state index contributed by atoms with van der Waals surface area (Å²) in [6.45, 7) is 1.70. The molecule has 1 heterocycles. The van der Waals surface area contributed by atoms with Crippen LogP contribution in [0.5, 0.6) is 0 Å². The van der Waals surface area contributed by atoms with Crippen LogP contribution in [-0.4, -0.2) is 25.4 Å². The molecule has 4 N–H and O–H groups in total. The summed E-state index contributed by atoms with van der Waals surface area (Å²) in [6.07, 6.45) is 0. The Hall–Kier alpha value is -1.84. The number of hydrogen-bond donors (Lipinski definition) is 3. The van der Waals surface area contributed by atoms with E-state index in [2.05, 4.69) is 14.7 Å². The number of anilines is 1. The van der Waals surface area contributed by atoms with E-state index in [0.717, 1.165) is 11.8 Å². The number of nitrogens with two attached hydrogens (primary N) is 1. The number of hydrogen-bond acceptors (Lipinski definition) is 6. The Bertz CT molecular complexity index is 831. The Morgan fingerprint density at radius 1 is 1.33 bits per heavy atom. The van der Waals surface area contributed by atoms with Crippen molar-refractivity contribution in [2.45, 2.75) is 21.9 Å². The average Bonchev–Trinajstić information content (AvgIpc) is 2.40. The maximum Gasteiger partial charge on any atom is 0.251 e. The van der Waals surface area contributed by atoms with Crippen LogP contribution in [0.4, 0.5) is 5.69 Å². The van der Waals surface area contributed by atoms with Crippen molar-refractivity contribution in [2.75, 3.05) is 12.8 Å². The first-order valence-electron chi connectivity index (χ1n) is 5.91. The predicted octanol–water partition coefficient (Wildman–Crippen LogP) is 0.720. The van der Waals surface area contributed by atoms with Gasteiger partial charge in [0.2, 0.25) is 10.0 Å². The van der Waals surface area contributed by atoms with Crippen LogP contribution >= 0.6 is 11.8 Å². The van der Waals surface area contributed by atoms with Crippen molar-refractivity contribution in [3.63, 3.8) is 0 Å². The fourth-order valence-corrected chi connectivity index (χ4v) is 3.34. The average molecular weight is 326 g/mol. The molecule has 0 aliphatic carbocycles. The van der Waals surface area contributed by atoms with E-state index in [1.165, 1.54) is 31.3 Å². The number of nitrogen functional groups attached to an aromatic ring is 1. The molecular weight excluding hydrogens is 312 g/mol. The third kappa shape index (κ3) is 3.63. The second kappa shape index (κ2) is 5.88. The molecular formula is C12H14N4O3S2. The smallest absolute Gasteiger partial charge is 0.251 e. The van der Waals surface area contributed by atoms with Gasteiger partial charge < -0.3 is 10.7 Å². The van der Waals surface area contributed by atoms with Crippen molar-refractivity contribution in [2.24, 2.45) is 0 Å². The number of sulfonamides is 1. The summed E-state index contributed by atoms with van der Waals surface area (Å²) in [6, 6.07) is 5.72. The second-order valence-corrected chi connectivity index (χ2v) is 7.12. The Morgan fingerprint density at radius 3 is 2.67 bits per heavy atom. The SMILES string of the molecule is CNS(=O)(=O)c1ccc(N)c(Sc2nc(C)cc(=O)[nH]2)c1. The molecule has 2 rings (SSSR count). The van der Waals surface area contributed by atoms with E-state index in [0.29, 0.717) is 21.4 Å². The van der Waals surface area contributed by atoms with Gasteiger partial charge in [0.05, 0.1) is 4.90 Å². The van der Waals surface area contributed by atoms with Gasteiger partial charge in [0.1, 0.15) is 0 Å². The number of nitrogens with one attached hydrogen (secondary N) is 2. The molecule has 21 heavy (non-hydrogen) atoms. The van der Waals surface area contributed by atoms with Crippen LogP contribution in [-0.2, 0) is 10.0 Å². The monoisotopic (exact) mass is 326 g/mol. The summed E-state index contributed by atoms with van der Waals surface area (Å²) in [5, 5.41) is 0.353. The summed E-state index contributed by atoms with van der Waals surface area (Å²) in [5.74, 6) is 0. The van der Waals surface area contributed by atoms with Gasteiger partial charge in [-0.25, -0.2) is 18.1 Å². The van der Waals surface area contributed by atoms with Crippen molar-refractivity contribution in [1.29, 1.82) is 0 Å². The fraction of sp³-hybridized carbons (Fsp3) is 0.167. The molecule has 1 aromatic heterocycles. The van der Waals surface area contributed by atoms with Crippen molar-refractivity contribution in [3.05, 3.63) is 40.3 Å². The highest BCUT2D eigenvalue weighted by Crippen LogP contribution is 2.31. The van der Waals surface area contributed by atoms with Gasteiger partial charge >= 0.3 is 0 Å². The minimum atomic E-state index is -3.56. The lowest BCUT2D eigenvalue weighted by Gasteiger charge is -2.08. The van der Waals surface area contributed by atoms with Gasteiger partial charge in [-0.15, -0.1) is 0 Å². The maximum atomic E-state index is 11.8. The summed E-state index contributed by atoms with van der Waals surface area (Å²) >= 11 is 1.10. The molecule has 0 saturated heterocycles. The Morgan fingerprint density at radius 2 is 2.05 bits per heavy atom. The van der Waals surface area contributed by atoms with Crippen LogP contribution in [0.25, 0.3) is 0 Å². The van der Waals surface area contributed by atoms with Crippen LogP contribution in [0.15, 0.2) is 44.0 Å². The van der Waals surface area contributed by atoms with Gasteiger partial charge in [0.25, 0.3) is 5.56 Å². The molecule has 0 aliphatic heterocycles. The van der Waals surface area contributed by atoms with Crippen molar-refractivity contribution >= 4 is 27.5 Å². The molecule has 0 spiro atoms. The largest absolute Gasteiger partial charge is 0.398 e. The third-order valence-corrected chi connectivity index (χ3v) is 4.99. The zero-order chi connectivity index (χ0) is 15.6. The van der Waals surface area contributed by atoms with Crippen LogP contribution in [0.1, 0.15) is 5.69 Å². The lowest BCUT2D eigenvalue weighted by atomic mass is 10.3. The third-order valence-electron chi connectivity index (χ3n) is 2.62. The van der Waals surface area contributed by atoms with Gasteiger partial charge in [-0.3, -0.25) is 4.79 Å². The van der Waals surface area contributed by atoms with Crippen LogP contribution in [0.2, 0.25) is 0 Å². The normalized spacial score (nSPS) is 11.5. The van der Waals surface area contributed by atoms with Gasteiger partial charge in [0.15, 0.2) is 5.16 Å². The minimum absolute atomic E-state index is 0.0942. The molecule has 0 fully saturated rings. The van der Waals surface area contributed by atoms with Crippen LogP contribution in [0, 0.1) is 6.92 Å². The number of aryl methyl sites for hydroxylation is 1. The zero-order valence-electron chi connectivity index (χ0n) is 11.4. The summed E-state index contributed by atoms with van der Waals surface area (Å²) in [5.41, 5.74) is 6.54. The predicted molar refractivity (Wildman–Crippen MR) is 80.8 cm³/mol. The van der Waals surface area contributed by atoms with E-state index in [4.69, 9.17) is 5.73 Å². The van der Waals surface area contributed by atoms with Crippen LogP contribution < -0.4 is 16.0 Å². The second-order valence-electron chi connectivity index (χ2n) is 4.20. The molecule has 0 unspecified atom stereocenters. The van der Waals surface area contributed by atoms with E-state index in [1.807, 2.05) is 0 Å². The lowest BCUT2D eigenvalue weighted by Crippen LogP contribution is -2.18. The van der Waals surface area contributed by atoms with Gasteiger partial charge in [-0.1, -0.05) is 0 Å². The van der Waals surface area contributed by atoms with E-state index < -0.39 is 10.0 Å². The summed E-state index contributed by atoms with van der Waals surface area (Å²) in [7, 11) is -2.23. The summed E-state index contributed by atoms with van der Waals surface area (Å²) in [4.78, 5) is 18.7. The number of aromatic nitrogens is 2. The molecule has 112 valence electrons. The highest BCUT2D eigenvalue weighted by Gasteiger charge is 2.14. The fourth-order valence-electron chi connectivity index (χ4n) is 1.59. The zero-order valence-corrected chi connectivity index (χ0v) is 13.0. The minimum Gasteiger partial charge on any atom is -0.398 e. The van der Waals surface area contributed by atoms with E-state index in [-0.39, 0.29) is 10.5 Å². The number of H-pyrrole nitrogens is 1. The maximum absolute atomic E-state index is 11.8. The standard InChI is InChI=1S/C12H14N4O3S2/c1-7-5-11(17)16-12(15-7)20-10-6-8(3-4-9(10)13)21(18,19)14-2/h3-6,14H,13H2,1-2H3,(H,15,16,17). The quantitative estimate of drug-likeness (QED) is 0.563. The van der Waals surface area contributed by atoms with Crippen molar-refractivity contribution in [3.8, 4) is 0 Å². The number of nitrogens with zero attached hydrogens (tertiary/aromatic N) is 1. The highest BCUT2D eigenvalue weighted by atomic mass is 32.2. The van der Waals surface area contributed by atoms with E-state index in [9.17, 15) is 13.2 Å². The highest BCUT2D eigenvalue weighted by molar-refractivity contribution is 7.99. The van der Waals surface area contributed by atoms with Gasteiger partial charge in [-0.05, 0) is 43.9 Å². The van der Waals surface area contributed by atoms with Crippen molar-refractivity contribution in [1.82, 2.24) is 14.7 Å². The van der Waals surface area contributed by atoms with Gasteiger partial charge in [0, 0.05) is 22.3 Å². The topological polar surface area (TPSA) is 118 Å². The molecule has 1 aromatic carbocycles. The Kier molecular flexibility index (Phi) is 4.35. The molecule has 0 amide bonds. The van der Waals surface area contributed by atoms with E-state index >= 15 is 0 Å². The molecule has 9 heteroatoms. The molecule has 0 radical (unpaired) electrons. The van der Waals surface area contributed by atoms with Crippen molar-refractivity contribution < 1.29 is 8.42 Å².